The zero-order chi connectivity index (χ0) is 13.9. The van der Waals surface area contributed by atoms with Gasteiger partial charge in [-0.05, 0) is 44.6 Å². The van der Waals surface area contributed by atoms with Gasteiger partial charge in [-0.3, -0.25) is 4.90 Å². The minimum atomic E-state index is 0.502. The van der Waals surface area contributed by atoms with E-state index >= 15 is 0 Å². The molecule has 19 heavy (non-hydrogen) atoms. The van der Waals surface area contributed by atoms with E-state index in [0.717, 1.165) is 18.1 Å². The summed E-state index contributed by atoms with van der Waals surface area (Å²) in [6.45, 7) is 8.58. The van der Waals surface area contributed by atoms with Crippen LogP contribution >= 0.6 is 0 Å². The van der Waals surface area contributed by atoms with Crippen LogP contribution in [0.25, 0.3) is 0 Å². The van der Waals surface area contributed by atoms with Crippen LogP contribution in [0.5, 0.6) is 0 Å². The van der Waals surface area contributed by atoms with Crippen LogP contribution in [0.1, 0.15) is 72.1 Å². The van der Waals surface area contributed by atoms with Gasteiger partial charge in [-0.2, -0.15) is 0 Å². The third-order valence-corrected chi connectivity index (χ3v) is 5.36. The fraction of sp³-hybridized carbons (Fsp3) is 1.00. The molecule has 0 aromatic heterocycles. The average Bonchev–Trinajstić information content (AvgIpc) is 2.62. The molecule has 1 N–H and O–H groups in total. The molecule has 0 aromatic carbocycles. The van der Waals surface area contributed by atoms with E-state index in [4.69, 9.17) is 0 Å². The summed E-state index contributed by atoms with van der Waals surface area (Å²) >= 11 is 0. The lowest BCUT2D eigenvalue weighted by Gasteiger charge is -2.43. The number of hydrogen-bond acceptors (Lipinski definition) is 2. The van der Waals surface area contributed by atoms with Gasteiger partial charge in [0.15, 0.2) is 0 Å². The molecule has 0 saturated carbocycles. The molecule has 0 aliphatic carbocycles. The quantitative estimate of drug-likeness (QED) is 0.705. The van der Waals surface area contributed by atoms with Crippen molar-refractivity contribution >= 4 is 0 Å². The molecule has 0 radical (unpaired) electrons. The van der Waals surface area contributed by atoms with E-state index in [1.54, 1.807) is 0 Å². The Kier molecular flexibility index (Phi) is 5.30. The number of nitrogens with one attached hydrogen (secondary N) is 1. The SMILES string of the molecule is CCCCCC(C)(C)CN1C2CCC1CC(NC)C2. The van der Waals surface area contributed by atoms with Crippen molar-refractivity contribution in [3.63, 3.8) is 0 Å². The molecule has 2 saturated heterocycles. The molecule has 0 spiro atoms. The maximum atomic E-state index is 3.50. The van der Waals surface area contributed by atoms with Crippen molar-refractivity contribution in [2.24, 2.45) is 5.41 Å². The lowest BCUT2D eigenvalue weighted by Crippen LogP contribution is -2.51. The Bertz CT molecular complexity index is 260. The van der Waals surface area contributed by atoms with Crippen molar-refractivity contribution in [3.8, 4) is 0 Å². The monoisotopic (exact) mass is 266 g/mol. The molecule has 2 aliphatic rings. The van der Waals surface area contributed by atoms with Crippen molar-refractivity contribution in [3.05, 3.63) is 0 Å². The van der Waals surface area contributed by atoms with E-state index in [2.05, 4.69) is 38.0 Å². The second-order valence-corrected chi connectivity index (χ2v) is 7.64. The van der Waals surface area contributed by atoms with Crippen molar-refractivity contribution in [2.45, 2.75) is 90.3 Å². The minimum Gasteiger partial charge on any atom is -0.317 e. The van der Waals surface area contributed by atoms with Gasteiger partial charge in [-0.1, -0.05) is 40.0 Å². The Balaban J connectivity index is 1.86. The first-order valence-electron chi connectivity index (χ1n) is 8.49. The molecular weight excluding hydrogens is 232 g/mol. The van der Waals surface area contributed by atoms with Crippen molar-refractivity contribution in [1.82, 2.24) is 10.2 Å². The fourth-order valence-corrected chi connectivity index (χ4v) is 4.19. The zero-order valence-corrected chi connectivity index (χ0v) is 13.5. The van der Waals surface area contributed by atoms with Crippen LogP contribution < -0.4 is 5.32 Å². The molecule has 2 atom stereocenters. The highest BCUT2D eigenvalue weighted by Crippen LogP contribution is 2.38. The van der Waals surface area contributed by atoms with Gasteiger partial charge in [0, 0.05) is 24.7 Å². The summed E-state index contributed by atoms with van der Waals surface area (Å²) in [4.78, 5) is 2.86. The van der Waals surface area contributed by atoms with E-state index < -0.39 is 0 Å². The lowest BCUT2D eigenvalue weighted by atomic mass is 9.84. The largest absolute Gasteiger partial charge is 0.317 e. The first-order chi connectivity index (χ1) is 9.05. The van der Waals surface area contributed by atoms with Crippen LogP contribution in [0.4, 0.5) is 0 Å². The summed E-state index contributed by atoms with van der Waals surface area (Å²) in [5.41, 5.74) is 0.502. The highest BCUT2D eigenvalue weighted by molar-refractivity contribution is 4.98. The fourth-order valence-electron chi connectivity index (χ4n) is 4.19. The van der Waals surface area contributed by atoms with Crippen molar-refractivity contribution in [1.29, 1.82) is 0 Å². The normalized spacial score (nSPS) is 31.9. The van der Waals surface area contributed by atoms with E-state index in [0.29, 0.717) is 5.41 Å². The van der Waals surface area contributed by atoms with Crippen LogP contribution in [0.15, 0.2) is 0 Å². The average molecular weight is 266 g/mol. The van der Waals surface area contributed by atoms with Crippen molar-refractivity contribution < 1.29 is 0 Å². The third-order valence-electron chi connectivity index (χ3n) is 5.36. The Hall–Kier alpha value is -0.0800. The predicted molar refractivity (Wildman–Crippen MR) is 83.5 cm³/mol. The second-order valence-electron chi connectivity index (χ2n) is 7.64. The molecule has 2 unspecified atom stereocenters. The molecule has 2 heteroatoms. The Morgan fingerprint density at radius 2 is 1.74 bits per heavy atom. The molecular formula is C17H34N2. The first kappa shape index (κ1) is 15.3. The lowest BCUT2D eigenvalue weighted by molar-refractivity contribution is 0.0707. The van der Waals surface area contributed by atoms with Gasteiger partial charge >= 0.3 is 0 Å². The molecule has 2 bridgehead atoms. The van der Waals surface area contributed by atoms with Gasteiger partial charge in [0.25, 0.3) is 0 Å². The first-order valence-corrected chi connectivity index (χ1v) is 8.49. The summed E-state index contributed by atoms with van der Waals surface area (Å²) in [5, 5.41) is 3.50. The molecule has 2 fully saturated rings. The third kappa shape index (κ3) is 3.95. The summed E-state index contributed by atoms with van der Waals surface area (Å²) in [6.07, 6.45) is 11.2. The Labute approximate surface area is 120 Å². The number of rotatable bonds is 7. The van der Waals surface area contributed by atoms with Crippen LogP contribution in [-0.4, -0.2) is 36.6 Å². The minimum absolute atomic E-state index is 0.502. The van der Waals surface area contributed by atoms with E-state index in [1.807, 2.05) is 0 Å². The number of fused-ring (bicyclic) bond motifs is 2. The predicted octanol–water partition coefficient (Wildman–Crippen LogP) is 3.81. The maximum Gasteiger partial charge on any atom is 0.0114 e. The van der Waals surface area contributed by atoms with Gasteiger partial charge in [-0.15, -0.1) is 0 Å². The van der Waals surface area contributed by atoms with Crippen LogP contribution in [0.3, 0.4) is 0 Å². The summed E-state index contributed by atoms with van der Waals surface area (Å²) in [7, 11) is 2.13. The molecule has 112 valence electrons. The number of nitrogens with zero attached hydrogens (tertiary/aromatic N) is 1. The van der Waals surface area contributed by atoms with Gasteiger partial charge in [-0.25, -0.2) is 0 Å². The molecule has 2 nitrogen and oxygen atoms in total. The van der Waals surface area contributed by atoms with E-state index in [-0.39, 0.29) is 0 Å². The highest BCUT2D eigenvalue weighted by atomic mass is 15.2. The number of piperidine rings is 1. The van der Waals surface area contributed by atoms with Crippen LogP contribution in [0.2, 0.25) is 0 Å². The molecule has 2 aliphatic heterocycles. The van der Waals surface area contributed by atoms with E-state index in [1.165, 1.54) is 57.9 Å². The van der Waals surface area contributed by atoms with E-state index in [9.17, 15) is 0 Å². The standard InChI is InChI=1S/C17H34N2/c1-5-6-7-10-17(2,3)13-19-15-8-9-16(19)12-14(11-15)18-4/h14-16,18H,5-13H2,1-4H3. The van der Waals surface area contributed by atoms with Gasteiger partial charge < -0.3 is 5.32 Å². The second kappa shape index (κ2) is 6.58. The molecule has 0 amide bonds. The summed E-state index contributed by atoms with van der Waals surface area (Å²) in [6, 6.07) is 2.50. The molecule has 2 rings (SSSR count). The summed E-state index contributed by atoms with van der Waals surface area (Å²) in [5.74, 6) is 0. The van der Waals surface area contributed by atoms with Crippen molar-refractivity contribution in [2.75, 3.05) is 13.6 Å². The van der Waals surface area contributed by atoms with Crippen LogP contribution in [-0.2, 0) is 0 Å². The number of hydrogen-bond donors (Lipinski definition) is 1. The zero-order valence-electron chi connectivity index (χ0n) is 13.5. The van der Waals surface area contributed by atoms with Crippen LogP contribution in [0, 0.1) is 5.41 Å². The maximum absolute atomic E-state index is 3.50. The Morgan fingerprint density at radius 3 is 2.26 bits per heavy atom. The van der Waals surface area contributed by atoms with Gasteiger partial charge in [0.05, 0.1) is 0 Å². The Morgan fingerprint density at radius 1 is 1.11 bits per heavy atom. The van der Waals surface area contributed by atoms with Gasteiger partial charge in [0.2, 0.25) is 0 Å². The highest BCUT2D eigenvalue weighted by Gasteiger charge is 2.41. The summed E-state index contributed by atoms with van der Waals surface area (Å²) < 4.78 is 0. The number of unbranched alkanes of at least 4 members (excludes halogenated alkanes) is 2. The molecule has 2 heterocycles. The van der Waals surface area contributed by atoms with Gasteiger partial charge in [0.1, 0.15) is 0 Å². The topological polar surface area (TPSA) is 15.3 Å². The smallest absolute Gasteiger partial charge is 0.0114 e. The molecule has 0 aromatic rings.